The largest absolute Gasteiger partial charge is 0.489 e. The van der Waals surface area contributed by atoms with Gasteiger partial charge in [-0.25, -0.2) is 0 Å². The highest BCUT2D eigenvalue weighted by Crippen LogP contribution is 2.24. The van der Waals surface area contributed by atoms with E-state index < -0.39 is 0 Å². The summed E-state index contributed by atoms with van der Waals surface area (Å²) in [5.74, 6) is 1.85. The zero-order valence-corrected chi connectivity index (χ0v) is 14.0. The molecule has 0 bridgehead atoms. The molecule has 122 valence electrons. The van der Waals surface area contributed by atoms with Crippen molar-refractivity contribution in [2.45, 2.75) is 46.1 Å². The number of benzene rings is 1. The fourth-order valence-electron chi connectivity index (χ4n) is 2.69. The van der Waals surface area contributed by atoms with E-state index in [9.17, 15) is 4.79 Å². The molecule has 1 amide bonds. The Morgan fingerprint density at radius 1 is 1.32 bits per heavy atom. The molecule has 1 aliphatic heterocycles. The molecule has 0 aliphatic carbocycles. The maximum atomic E-state index is 12.2. The SMILES string of the molecule is CC1CCN(C(=O)CCNc2ccccc2OC(C)C)CC1. The van der Waals surface area contributed by atoms with E-state index in [0.29, 0.717) is 13.0 Å². The number of likely N-dealkylation sites (tertiary alicyclic amines) is 1. The fraction of sp³-hybridized carbons (Fsp3) is 0.611. The van der Waals surface area contributed by atoms with E-state index in [4.69, 9.17) is 4.74 Å². The first-order chi connectivity index (χ1) is 10.6. The molecule has 1 aromatic carbocycles. The van der Waals surface area contributed by atoms with Gasteiger partial charge in [-0.05, 0) is 44.7 Å². The van der Waals surface area contributed by atoms with Crippen LogP contribution in [0.25, 0.3) is 0 Å². The number of hydrogen-bond acceptors (Lipinski definition) is 3. The van der Waals surface area contributed by atoms with Gasteiger partial charge in [0.25, 0.3) is 0 Å². The molecule has 1 aliphatic rings. The Morgan fingerprint density at radius 2 is 2.00 bits per heavy atom. The molecule has 22 heavy (non-hydrogen) atoms. The second-order valence-electron chi connectivity index (χ2n) is 6.40. The van der Waals surface area contributed by atoms with Crippen LogP contribution in [-0.2, 0) is 4.79 Å². The Bertz CT molecular complexity index is 480. The summed E-state index contributed by atoms with van der Waals surface area (Å²) in [6.45, 7) is 8.74. The van der Waals surface area contributed by atoms with Gasteiger partial charge in [0.2, 0.25) is 5.91 Å². The minimum atomic E-state index is 0.139. The van der Waals surface area contributed by atoms with Crippen LogP contribution in [0.2, 0.25) is 0 Å². The Labute approximate surface area is 133 Å². The summed E-state index contributed by atoms with van der Waals surface area (Å²) in [6.07, 6.45) is 2.93. The average Bonchev–Trinajstić information content (AvgIpc) is 2.49. The summed E-state index contributed by atoms with van der Waals surface area (Å²) >= 11 is 0. The van der Waals surface area contributed by atoms with Crippen molar-refractivity contribution in [3.63, 3.8) is 0 Å². The van der Waals surface area contributed by atoms with Crippen LogP contribution in [0.15, 0.2) is 24.3 Å². The van der Waals surface area contributed by atoms with E-state index in [-0.39, 0.29) is 12.0 Å². The summed E-state index contributed by atoms with van der Waals surface area (Å²) in [5, 5.41) is 3.32. The minimum absolute atomic E-state index is 0.139. The van der Waals surface area contributed by atoms with Gasteiger partial charge in [-0.3, -0.25) is 4.79 Å². The molecule has 0 spiro atoms. The van der Waals surface area contributed by atoms with Gasteiger partial charge in [0.1, 0.15) is 5.75 Å². The smallest absolute Gasteiger partial charge is 0.224 e. The maximum Gasteiger partial charge on any atom is 0.224 e. The van der Waals surface area contributed by atoms with E-state index >= 15 is 0 Å². The second-order valence-corrected chi connectivity index (χ2v) is 6.40. The highest BCUT2D eigenvalue weighted by molar-refractivity contribution is 5.77. The van der Waals surface area contributed by atoms with Gasteiger partial charge in [0.15, 0.2) is 0 Å². The number of para-hydroxylation sites is 2. The van der Waals surface area contributed by atoms with Gasteiger partial charge >= 0.3 is 0 Å². The topological polar surface area (TPSA) is 41.6 Å². The van der Waals surface area contributed by atoms with Gasteiger partial charge in [0.05, 0.1) is 11.8 Å². The number of nitrogens with zero attached hydrogens (tertiary/aromatic N) is 1. The zero-order valence-electron chi connectivity index (χ0n) is 14.0. The van der Waals surface area contributed by atoms with Gasteiger partial charge < -0.3 is 15.0 Å². The number of nitrogens with one attached hydrogen (secondary N) is 1. The number of ether oxygens (including phenoxy) is 1. The molecule has 4 heteroatoms. The van der Waals surface area contributed by atoms with Gasteiger partial charge in [-0.15, -0.1) is 0 Å². The van der Waals surface area contributed by atoms with Crippen LogP contribution < -0.4 is 10.1 Å². The van der Waals surface area contributed by atoms with Crippen LogP contribution >= 0.6 is 0 Å². The van der Waals surface area contributed by atoms with Crippen LogP contribution in [0.4, 0.5) is 5.69 Å². The Kier molecular flexibility index (Phi) is 6.10. The van der Waals surface area contributed by atoms with Crippen molar-refractivity contribution >= 4 is 11.6 Å². The lowest BCUT2D eigenvalue weighted by atomic mass is 9.99. The molecule has 0 atom stereocenters. The molecule has 0 aromatic heterocycles. The Morgan fingerprint density at radius 3 is 2.68 bits per heavy atom. The highest BCUT2D eigenvalue weighted by Gasteiger charge is 2.19. The lowest BCUT2D eigenvalue weighted by Gasteiger charge is -2.30. The van der Waals surface area contributed by atoms with Crippen LogP contribution in [0.5, 0.6) is 5.75 Å². The van der Waals surface area contributed by atoms with Gasteiger partial charge in [0, 0.05) is 26.1 Å². The summed E-state index contributed by atoms with van der Waals surface area (Å²) in [5.41, 5.74) is 0.955. The molecule has 4 nitrogen and oxygen atoms in total. The fourth-order valence-corrected chi connectivity index (χ4v) is 2.69. The number of anilines is 1. The Balaban J connectivity index is 1.80. The third kappa shape index (κ3) is 4.93. The molecule has 1 saturated heterocycles. The third-order valence-corrected chi connectivity index (χ3v) is 4.04. The molecular weight excluding hydrogens is 276 g/mol. The highest BCUT2D eigenvalue weighted by atomic mass is 16.5. The van der Waals surface area contributed by atoms with E-state index in [0.717, 1.165) is 43.3 Å². The molecule has 0 radical (unpaired) electrons. The number of hydrogen-bond donors (Lipinski definition) is 1. The normalized spacial score (nSPS) is 15.9. The van der Waals surface area contributed by atoms with Crippen LogP contribution in [0, 0.1) is 5.92 Å². The van der Waals surface area contributed by atoms with Gasteiger partial charge in [-0.1, -0.05) is 19.1 Å². The number of rotatable bonds is 6. The van der Waals surface area contributed by atoms with Crippen molar-refractivity contribution in [2.75, 3.05) is 25.0 Å². The molecule has 0 saturated carbocycles. The van der Waals surface area contributed by atoms with E-state index in [1.165, 1.54) is 0 Å². The molecule has 1 N–H and O–H groups in total. The van der Waals surface area contributed by atoms with Crippen molar-refractivity contribution in [1.82, 2.24) is 4.90 Å². The minimum Gasteiger partial charge on any atom is -0.489 e. The van der Waals surface area contributed by atoms with E-state index in [1.54, 1.807) is 0 Å². The van der Waals surface area contributed by atoms with Crippen molar-refractivity contribution in [3.05, 3.63) is 24.3 Å². The molecule has 2 rings (SSSR count). The molecular formula is C18H28N2O2. The summed E-state index contributed by atoms with van der Waals surface area (Å²) in [6, 6.07) is 7.88. The molecule has 1 aromatic rings. The van der Waals surface area contributed by atoms with Crippen LogP contribution in [0.3, 0.4) is 0 Å². The lowest BCUT2D eigenvalue weighted by molar-refractivity contribution is -0.132. The first-order valence-corrected chi connectivity index (χ1v) is 8.33. The number of carbonyl (C=O) groups excluding carboxylic acids is 1. The maximum absolute atomic E-state index is 12.2. The quantitative estimate of drug-likeness (QED) is 0.874. The number of amides is 1. The second kappa shape index (κ2) is 8.06. The van der Waals surface area contributed by atoms with E-state index in [1.807, 2.05) is 43.0 Å². The standard InChI is InChI=1S/C18H28N2O2/c1-14(2)22-17-7-5-4-6-16(17)19-11-8-18(21)20-12-9-15(3)10-13-20/h4-7,14-15,19H,8-13H2,1-3H3. The van der Waals surface area contributed by atoms with E-state index in [2.05, 4.69) is 12.2 Å². The monoisotopic (exact) mass is 304 g/mol. The molecule has 0 unspecified atom stereocenters. The van der Waals surface area contributed by atoms with Crippen molar-refractivity contribution < 1.29 is 9.53 Å². The lowest BCUT2D eigenvalue weighted by Crippen LogP contribution is -2.38. The average molecular weight is 304 g/mol. The van der Waals surface area contributed by atoms with Crippen molar-refractivity contribution in [1.29, 1.82) is 0 Å². The summed E-state index contributed by atoms with van der Waals surface area (Å²) < 4.78 is 5.77. The van der Waals surface area contributed by atoms with Crippen molar-refractivity contribution in [2.24, 2.45) is 5.92 Å². The molecule has 1 fully saturated rings. The van der Waals surface area contributed by atoms with Gasteiger partial charge in [-0.2, -0.15) is 0 Å². The third-order valence-electron chi connectivity index (χ3n) is 4.04. The van der Waals surface area contributed by atoms with Crippen LogP contribution in [-0.4, -0.2) is 36.5 Å². The van der Waals surface area contributed by atoms with Crippen molar-refractivity contribution in [3.8, 4) is 5.75 Å². The number of carbonyl (C=O) groups is 1. The predicted molar refractivity (Wildman–Crippen MR) is 90.3 cm³/mol. The Hall–Kier alpha value is -1.71. The predicted octanol–water partition coefficient (Wildman–Crippen LogP) is 3.53. The first kappa shape index (κ1) is 16.7. The zero-order chi connectivity index (χ0) is 15.9. The first-order valence-electron chi connectivity index (χ1n) is 8.33. The summed E-state index contributed by atoms with van der Waals surface area (Å²) in [7, 11) is 0. The summed E-state index contributed by atoms with van der Waals surface area (Å²) in [4.78, 5) is 14.2. The van der Waals surface area contributed by atoms with Crippen LogP contribution in [0.1, 0.15) is 40.0 Å². The number of piperidine rings is 1. The molecule has 1 heterocycles.